The van der Waals surface area contributed by atoms with Gasteiger partial charge in [-0.05, 0) is 23.0 Å². The molecule has 0 fully saturated rings. The van der Waals surface area contributed by atoms with Crippen LogP contribution >= 0.6 is 0 Å². The van der Waals surface area contributed by atoms with Crippen LogP contribution < -0.4 is 16.0 Å². The molecule has 5 heteroatoms. The molecule has 1 aromatic carbocycles. The van der Waals surface area contributed by atoms with Gasteiger partial charge in [0.25, 0.3) is 11.8 Å². The summed E-state index contributed by atoms with van der Waals surface area (Å²) in [6.07, 6.45) is 0. The molecular weight excluding hydrogens is 290 g/mol. The van der Waals surface area contributed by atoms with E-state index >= 15 is 0 Å². The Hall–Kier alpha value is -1.88. The molecule has 1 rings (SSSR count). The topological polar surface area (TPSA) is 74.8 Å². The average molecular weight is 320 g/mol. The number of quaternary nitrogens is 1. The second-order valence-corrected chi connectivity index (χ2v) is 6.48. The molecule has 1 aromatic rings. The van der Waals surface area contributed by atoms with Crippen molar-refractivity contribution in [3.05, 3.63) is 35.4 Å². The standard InChI is InChI=1S/C18H29N3O2/c1-12(2)14-6-8-15(9-7-14)18(13(3)4)21-17(23)11-20-10-16(22)19-5/h6-9,12-13,18,20H,10-11H2,1-5H3,(H,19,22)(H,21,23)/p+1/t18-/m0/s1. The minimum Gasteiger partial charge on any atom is -0.354 e. The van der Waals surface area contributed by atoms with Gasteiger partial charge in [-0.3, -0.25) is 9.59 Å². The molecule has 0 unspecified atom stereocenters. The largest absolute Gasteiger partial charge is 0.354 e. The Morgan fingerprint density at radius 3 is 1.96 bits per heavy atom. The van der Waals surface area contributed by atoms with E-state index in [1.807, 2.05) is 0 Å². The lowest BCUT2D eigenvalue weighted by Crippen LogP contribution is -2.88. The van der Waals surface area contributed by atoms with Crippen molar-refractivity contribution in [1.29, 1.82) is 0 Å². The van der Waals surface area contributed by atoms with E-state index in [1.165, 1.54) is 5.56 Å². The molecule has 5 nitrogen and oxygen atoms in total. The third kappa shape index (κ3) is 6.40. The highest BCUT2D eigenvalue weighted by molar-refractivity contribution is 5.78. The van der Waals surface area contributed by atoms with Gasteiger partial charge in [0, 0.05) is 7.05 Å². The van der Waals surface area contributed by atoms with Crippen molar-refractivity contribution in [3.63, 3.8) is 0 Å². The molecule has 23 heavy (non-hydrogen) atoms. The molecule has 0 bridgehead atoms. The van der Waals surface area contributed by atoms with Crippen molar-refractivity contribution < 1.29 is 14.9 Å². The number of benzene rings is 1. The number of likely N-dealkylation sites (N-methyl/N-ethyl adjacent to an activating group) is 1. The van der Waals surface area contributed by atoms with E-state index in [-0.39, 0.29) is 30.9 Å². The summed E-state index contributed by atoms with van der Waals surface area (Å²) in [6, 6.07) is 8.42. The van der Waals surface area contributed by atoms with Gasteiger partial charge >= 0.3 is 0 Å². The molecular formula is C18H30N3O2+. The maximum absolute atomic E-state index is 12.1. The van der Waals surface area contributed by atoms with E-state index in [1.54, 1.807) is 12.4 Å². The Morgan fingerprint density at radius 1 is 0.957 bits per heavy atom. The van der Waals surface area contributed by atoms with Gasteiger partial charge in [-0.1, -0.05) is 52.0 Å². The van der Waals surface area contributed by atoms with Gasteiger partial charge in [-0.15, -0.1) is 0 Å². The molecule has 0 saturated heterocycles. The summed E-state index contributed by atoms with van der Waals surface area (Å²) in [5.41, 5.74) is 2.41. The fourth-order valence-corrected chi connectivity index (χ4v) is 2.39. The van der Waals surface area contributed by atoms with Gasteiger partial charge in [-0.2, -0.15) is 0 Å². The van der Waals surface area contributed by atoms with Crippen LogP contribution in [0.1, 0.15) is 50.8 Å². The molecule has 0 radical (unpaired) electrons. The number of nitrogens with two attached hydrogens (primary N) is 1. The molecule has 2 amide bonds. The summed E-state index contributed by atoms with van der Waals surface area (Å²) >= 11 is 0. The number of carbonyl (C=O) groups excluding carboxylic acids is 2. The minimum atomic E-state index is -0.0810. The van der Waals surface area contributed by atoms with Crippen molar-refractivity contribution >= 4 is 11.8 Å². The van der Waals surface area contributed by atoms with Crippen LogP contribution in [-0.2, 0) is 9.59 Å². The maximum atomic E-state index is 12.1. The highest BCUT2D eigenvalue weighted by atomic mass is 16.2. The third-order valence-corrected chi connectivity index (χ3v) is 3.88. The number of hydrogen-bond donors (Lipinski definition) is 3. The van der Waals surface area contributed by atoms with E-state index in [2.05, 4.69) is 62.6 Å². The van der Waals surface area contributed by atoms with E-state index in [9.17, 15) is 9.59 Å². The van der Waals surface area contributed by atoms with Crippen LogP contribution in [-0.4, -0.2) is 32.0 Å². The Kier molecular flexibility index (Phi) is 7.75. The Morgan fingerprint density at radius 2 is 1.48 bits per heavy atom. The monoisotopic (exact) mass is 320 g/mol. The predicted molar refractivity (Wildman–Crippen MR) is 92.0 cm³/mol. The smallest absolute Gasteiger partial charge is 0.275 e. The number of hydrogen-bond acceptors (Lipinski definition) is 2. The average Bonchev–Trinajstić information content (AvgIpc) is 2.52. The lowest BCUT2D eigenvalue weighted by atomic mass is 9.93. The Bertz CT molecular complexity index is 510. The normalized spacial score (nSPS) is 12.3. The molecule has 0 aliphatic carbocycles. The summed E-state index contributed by atoms with van der Waals surface area (Å²) < 4.78 is 0. The van der Waals surface area contributed by atoms with Crippen molar-refractivity contribution in [2.24, 2.45) is 5.92 Å². The summed E-state index contributed by atoms with van der Waals surface area (Å²) in [5.74, 6) is 0.654. The first-order valence-electron chi connectivity index (χ1n) is 8.26. The van der Waals surface area contributed by atoms with Gasteiger partial charge in [-0.25, -0.2) is 0 Å². The second-order valence-electron chi connectivity index (χ2n) is 6.48. The van der Waals surface area contributed by atoms with E-state index in [0.29, 0.717) is 11.8 Å². The summed E-state index contributed by atoms with van der Waals surface area (Å²) in [7, 11) is 1.59. The minimum absolute atomic E-state index is 0.0166. The van der Waals surface area contributed by atoms with Crippen LogP contribution in [0, 0.1) is 5.92 Å². The molecule has 0 heterocycles. The van der Waals surface area contributed by atoms with E-state index < -0.39 is 0 Å². The van der Waals surface area contributed by atoms with Crippen LogP contribution in [0.5, 0.6) is 0 Å². The SMILES string of the molecule is CNC(=O)C[NH2+]CC(=O)N[C@H](c1ccc(C(C)C)cc1)C(C)C. The van der Waals surface area contributed by atoms with Crippen molar-refractivity contribution in [3.8, 4) is 0 Å². The fourth-order valence-electron chi connectivity index (χ4n) is 2.39. The first-order valence-corrected chi connectivity index (χ1v) is 8.26. The number of nitrogens with one attached hydrogen (secondary N) is 2. The third-order valence-electron chi connectivity index (χ3n) is 3.88. The predicted octanol–water partition coefficient (Wildman–Crippen LogP) is 0.933. The highest BCUT2D eigenvalue weighted by Crippen LogP contribution is 2.23. The van der Waals surface area contributed by atoms with Gasteiger partial charge in [0.1, 0.15) is 0 Å². The first-order chi connectivity index (χ1) is 10.8. The van der Waals surface area contributed by atoms with Crippen LogP contribution in [0.15, 0.2) is 24.3 Å². The maximum Gasteiger partial charge on any atom is 0.275 e. The van der Waals surface area contributed by atoms with Crippen molar-refractivity contribution in [1.82, 2.24) is 10.6 Å². The van der Waals surface area contributed by atoms with Gasteiger partial charge in [0.15, 0.2) is 13.1 Å². The lowest BCUT2D eigenvalue weighted by molar-refractivity contribution is -0.633. The summed E-state index contributed by atoms with van der Waals surface area (Å²) in [5, 5.41) is 7.31. The quantitative estimate of drug-likeness (QED) is 0.667. The molecule has 0 spiro atoms. The fraction of sp³-hybridized carbons (Fsp3) is 0.556. The first kappa shape index (κ1) is 19.2. The molecule has 0 saturated carbocycles. The van der Waals surface area contributed by atoms with Gasteiger partial charge < -0.3 is 16.0 Å². The zero-order chi connectivity index (χ0) is 17.4. The molecule has 4 N–H and O–H groups in total. The zero-order valence-electron chi connectivity index (χ0n) is 14.8. The molecule has 0 aliphatic rings. The van der Waals surface area contributed by atoms with Crippen LogP contribution in [0.3, 0.4) is 0 Å². The molecule has 128 valence electrons. The van der Waals surface area contributed by atoms with Crippen molar-refractivity contribution in [2.75, 3.05) is 20.1 Å². The zero-order valence-corrected chi connectivity index (χ0v) is 14.8. The number of carbonyl (C=O) groups is 2. The molecule has 0 aromatic heterocycles. The number of amides is 2. The van der Waals surface area contributed by atoms with Gasteiger partial charge in [0.05, 0.1) is 6.04 Å². The van der Waals surface area contributed by atoms with E-state index in [4.69, 9.17) is 0 Å². The van der Waals surface area contributed by atoms with Crippen molar-refractivity contribution in [2.45, 2.75) is 39.7 Å². The summed E-state index contributed by atoms with van der Waals surface area (Å²) in [4.78, 5) is 23.3. The van der Waals surface area contributed by atoms with Crippen LogP contribution in [0.25, 0.3) is 0 Å². The van der Waals surface area contributed by atoms with E-state index in [0.717, 1.165) is 5.56 Å². The molecule has 0 aliphatic heterocycles. The lowest BCUT2D eigenvalue weighted by Gasteiger charge is -2.23. The van der Waals surface area contributed by atoms with Gasteiger partial charge in [0.2, 0.25) is 0 Å². The number of rotatable bonds is 8. The highest BCUT2D eigenvalue weighted by Gasteiger charge is 2.19. The van der Waals surface area contributed by atoms with Crippen LogP contribution in [0.2, 0.25) is 0 Å². The van der Waals surface area contributed by atoms with Crippen LogP contribution in [0.4, 0.5) is 0 Å². The molecule has 1 atom stereocenters. The second kappa shape index (κ2) is 9.30. The Labute approximate surface area is 139 Å². The Balaban J connectivity index is 2.64. The summed E-state index contributed by atoms with van der Waals surface area (Å²) in [6.45, 7) is 9.03.